The Morgan fingerprint density at radius 3 is 2.67 bits per heavy atom. The highest BCUT2D eigenvalue weighted by Crippen LogP contribution is 2.20. The predicted molar refractivity (Wildman–Crippen MR) is 106 cm³/mol. The van der Waals surface area contributed by atoms with E-state index in [1.54, 1.807) is 4.57 Å². The second-order valence-corrected chi connectivity index (χ2v) is 7.91. The molecule has 2 heterocycles. The highest BCUT2D eigenvalue weighted by Gasteiger charge is 2.16. The van der Waals surface area contributed by atoms with Gasteiger partial charge in [0.1, 0.15) is 11.3 Å². The lowest BCUT2D eigenvalue weighted by molar-refractivity contribution is 0.102. The lowest BCUT2D eigenvalue weighted by Crippen LogP contribution is -2.24. The fourth-order valence-corrected chi connectivity index (χ4v) is 3.67. The molecule has 2 aromatic heterocycles. The summed E-state index contributed by atoms with van der Waals surface area (Å²) < 4.78 is 14.7. The molecule has 3 rings (SSSR count). The molecule has 0 radical (unpaired) electrons. The minimum absolute atomic E-state index is 0.120. The summed E-state index contributed by atoms with van der Waals surface area (Å²) in [7, 11) is 0. The van der Waals surface area contributed by atoms with Crippen molar-refractivity contribution in [1.82, 2.24) is 14.5 Å². The zero-order valence-corrected chi connectivity index (χ0v) is 16.4. The number of H-pyrrole nitrogens is 1. The lowest BCUT2D eigenvalue weighted by atomic mass is 10.1. The van der Waals surface area contributed by atoms with Gasteiger partial charge in [-0.2, -0.15) is 0 Å². The fraction of sp³-hybridized carbons (Fsp3) is 0.350. The average molecular weight is 387 g/mol. The maximum atomic E-state index is 13.0. The third-order valence-electron chi connectivity index (χ3n) is 4.27. The van der Waals surface area contributed by atoms with Crippen molar-refractivity contribution in [3.63, 3.8) is 0 Å². The standard InChI is InChI=1S/C20H22FN3O2S/c1-12(2)8-9-24-19(26)18-16(10-13(3)22-18)23-20(24)27-11-17(25)14-4-6-15(21)7-5-14/h4-7,10,12,22H,8-9,11H2,1-3H3. The SMILES string of the molecule is Cc1cc2nc(SCC(=O)c3ccc(F)cc3)n(CCC(C)C)c(=O)c2[nH]1. The lowest BCUT2D eigenvalue weighted by Gasteiger charge is -2.13. The van der Waals surface area contributed by atoms with Gasteiger partial charge >= 0.3 is 0 Å². The molecule has 0 saturated heterocycles. The normalized spacial score (nSPS) is 11.4. The molecule has 1 N–H and O–H groups in total. The van der Waals surface area contributed by atoms with Crippen molar-refractivity contribution in [3.8, 4) is 0 Å². The maximum absolute atomic E-state index is 13.0. The Balaban J connectivity index is 1.89. The zero-order chi connectivity index (χ0) is 19.6. The van der Waals surface area contributed by atoms with Crippen molar-refractivity contribution in [2.45, 2.75) is 38.9 Å². The number of rotatable bonds is 7. The highest BCUT2D eigenvalue weighted by molar-refractivity contribution is 7.99. The summed E-state index contributed by atoms with van der Waals surface area (Å²) in [5, 5.41) is 0.530. The van der Waals surface area contributed by atoms with Gasteiger partial charge in [-0.3, -0.25) is 14.2 Å². The van der Waals surface area contributed by atoms with Crippen molar-refractivity contribution >= 4 is 28.6 Å². The Hall–Kier alpha value is -2.41. The minimum atomic E-state index is -0.378. The molecule has 5 nitrogen and oxygen atoms in total. The van der Waals surface area contributed by atoms with Crippen molar-refractivity contribution in [2.24, 2.45) is 5.92 Å². The predicted octanol–water partition coefficient (Wildman–Crippen LogP) is 4.19. The third-order valence-corrected chi connectivity index (χ3v) is 5.24. The van der Waals surface area contributed by atoms with Crippen LogP contribution >= 0.6 is 11.8 Å². The van der Waals surface area contributed by atoms with Gasteiger partial charge in [0.25, 0.3) is 5.56 Å². The number of aromatic amines is 1. The van der Waals surface area contributed by atoms with Crippen molar-refractivity contribution in [2.75, 3.05) is 5.75 Å². The molecule has 7 heteroatoms. The number of nitrogens with zero attached hydrogens (tertiary/aromatic N) is 2. The molecular weight excluding hydrogens is 365 g/mol. The Labute approximate surface area is 161 Å². The molecule has 0 aliphatic heterocycles. The van der Waals surface area contributed by atoms with E-state index in [9.17, 15) is 14.0 Å². The molecule has 0 fully saturated rings. The van der Waals surface area contributed by atoms with Crippen LogP contribution in [0.25, 0.3) is 11.0 Å². The van der Waals surface area contributed by atoms with Gasteiger partial charge in [-0.25, -0.2) is 9.37 Å². The largest absolute Gasteiger partial charge is 0.353 e. The summed E-state index contributed by atoms with van der Waals surface area (Å²) in [5.74, 6) is 0.0673. The molecule has 0 saturated carbocycles. The van der Waals surface area contributed by atoms with Crippen molar-refractivity contribution in [3.05, 3.63) is 57.8 Å². The number of thioether (sulfide) groups is 1. The van der Waals surface area contributed by atoms with Crippen LogP contribution in [0.4, 0.5) is 4.39 Å². The summed E-state index contributed by atoms with van der Waals surface area (Å²) in [4.78, 5) is 32.9. The average Bonchev–Trinajstić information content (AvgIpc) is 3.00. The molecular formula is C20H22FN3O2S. The number of carbonyl (C=O) groups is 1. The van der Waals surface area contributed by atoms with E-state index < -0.39 is 0 Å². The number of ketones is 1. The van der Waals surface area contributed by atoms with Crippen molar-refractivity contribution < 1.29 is 9.18 Å². The molecule has 0 aliphatic rings. The van der Waals surface area contributed by atoms with Gasteiger partial charge in [-0.05, 0) is 49.6 Å². The van der Waals surface area contributed by atoms with E-state index >= 15 is 0 Å². The maximum Gasteiger partial charge on any atom is 0.278 e. The summed E-state index contributed by atoms with van der Waals surface area (Å²) in [6.45, 7) is 6.62. The Kier molecular flexibility index (Phi) is 5.79. The highest BCUT2D eigenvalue weighted by atomic mass is 32.2. The number of aromatic nitrogens is 3. The van der Waals surface area contributed by atoms with Crippen LogP contribution < -0.4 is 5.56 Å². The van der Waals surface area contributed by atoms with E-state index in [-0.39, 0.29) is 22.9 Å². The number of nitrogens with one attached hydrogen (secondary N) is 1. The van der Waals surface area contributed by atoms with Gasteiger partial charge in [0, 0.05) is 17.8 Å². The number of benzene rings is 1. The first-order chi connectivity index (χ1) is 12.8. The van der Waals surface area contributed by atoms with Gasteiger partial charge < -0.3 is 4.98 Å². The number of hydrogen-bond acceptors (Lipinski definition) is 4. The number of hydrogen-bond donors (Lipinski definition) is 1. The number of halogens is 1. The molecule has 0 aliphatic carbocycles. The van der Waals surface area contributed by atoms with Crippen LogP contribution in [0.15, 0.2) is 40.3 Å². The number of aryl methyl sites for hydroxylation is 1. The van der Waals surface area contributed by atoms with E-state index in [2.05, 4.69) is 23.8 Å². The molecule has 0 amide bonds. The molecule has 0 bridgehead atoms. The summed E-state index contributed by atoms with van der Waals surface area (Å²) in [6.07, 6.45) is 0.840. The molecule has 0 atom stereocenters. The Bertz CT molecular complexity index is 1020. The monoisotopic (exact) mass is 387 g/mol. The summed E-state index contributed by atoms with van der Waals surface area (Å²) in [6, 6.07) is 7.30. The van der Waals surface area contributed by atoms with Crippen LogP contribution in [-0.4, -0.2) is 26.1 Å². The molecule has 142 valence electrons. The topological polar surface area (TPSA) is 67.8 Å². The van der Waals surface area contributed by atoms with Crippen molar-refractivity contribution in [1.29, 1.82) is 0 Å². The van der Waals surface area contributed by atoms with Crippen LogP contribution in [0.1, 0.15) is 36.3 Å². The third kappa shape index (κ3) is 4.47. The molecule has 0 unspecified atom stereocenters. The van der Waals surface area contributed by atoms with Gasteiger partial charge in [0.2, 0.25) is 0 Å². The van der Waals surface area contributed by atoms with Gasteiger partial charge in [-0.1, -0.05) is 25.6 Å². The van der Waals surface area contributed by atoms with Gasteiger partial charge in [-0.15, -0.1) is 0 Å². The first-order valence-electron chi connectivity index (χ1n) is 8.87. The first kappa shape index (κ1) is 19.4. The van der Waals surface area contributed by atoms with E-state index in [4.69, 9.17) is 0 Å². The molecule has 0 spiro atoms. The van der Waals surface area contributed by atoms with Crippen LogP contribution in [0.2, 0.25) is 0 Å². The van der Waals surface area contributed by atoms with E-state index in [1.807, 2.05) is 13.0 Å². The van der Waals surface area contributed by atoms with Crippen LogP contribution in [0.3, 0.4) is 0 Å². The summed E-state index contributed by atoms with van der Waals surface area (Å²) >= 11 is 1.24. The van der Waals surface area contributed by atoms with Crippen LogP contribution in [0, 0.1) is 18.7 Å². The van der Waals surface area contributed by atoms with E-state index in [0.29, 0.717) is 34.2 Å². The zero-order valence-electron chi connectivity index (χ0n) is 15.6. The minimum Gasteiger partial charge on any atom is -0.353 e. The summed E-state index contributed by atoms with van der Waals surface area (Å²) in [5.41, 5.74) is 2.29. The smallest absolute Gasteiger partial charge is 0.278 e. The Morgan fingerprint density at radius 2 is 2.00 bits per heavy atom. The van der Waals surface area contributed by atoms with Gasteiger partial charge in [0.15, 0.2) is 10.9 Å². The van der Waals surface area contributed by atoms with Gasteiger partial charge in [0.05, 0.1) is 11.3 Å². The van der Waals surface area contributed by atoms with E-state index in [1.165, 1.54) is 36.0 Å². The van der Waals surface area contributed by atoms with Crippen LogP contribution in [0.5, 0.6) is 0 Å². The molecule has 3 aromatic rings. The number of carbonyl (C=O) groups excluding carboxylic acids is 1. The fourth-order valence-electron chi connectivity index (χ4n) is 2.75. The van der Waals surface area contributed by atoms with Crippen LogP contribution in [-0.2, 0) is 6.54 Å². The quantitative estimate of drug-likeness (QED) is 0.375. The first-order valence-corrected chi connectivity index (χ1v) is 9.85. The molecule has 1 aromatic carbocycles. The number of fused-ring (bicyclic) bond motifs is 1. The van der Waals surface area contributed by atoms with E-state index in [0.717, 1.165) is 12.1 Å². The second-order valence-electron chi connectivity index (χ2n) is 6.97. The second kappa shape index (κ2) is 8.08. The molecule has 27 heavy (non-hydrogen) atoms. The number of Topliss-reactive ketones (excluding diaryl/α,β-unsaturated/α-hetero) is 1. The Morgan fingerprint density at radius 1 is 1.30 bits per heavy atom.